The summed E-state index contributed by atoms with van der Waals surface area (Å²) < 4.78 is 5.21. The van der Waals surface area contributed by atoms with E-state index in [1.165, 1.54) is 12.3 Å². The van der Waals surface area contributed by atoms with Gasteiger partial charge in [-0.25, -0.2) is 5.43 Å². The van der Waals surface area contributed by atoms with Crippen LogP contribution in [0.1, 0.15) is 15.9 Å². The Bertz CT molecular complexity index is 539. The molecular weight excluding hydrogens is 274 g/mol. The average molecular weight is 291 g/mol. The lowest BCUT2D eigenvalue weighted by Gasteiger charge is -2.22. The number of carbonyl (C=O) groups is 2. The Kier molecular flexibility index (Phi) is 5.42. The SMILES string of the molecule is O=C(C[NH+]1CCOCC1)NN=Cc1ccccc1C(=O)[O-]. The highest BCUT2D eigenvalue weighted by atomic mass is 16.5. The van der Waals surface area contributed by atoms with Gasteiger partial charge in [0.25, 0.3) is 5.91 Å². The van der Waals surface area contributed by atoms with Crippen LogP contribution in [0.3, 0.4) is 0 Å². The van der Waals surface area contributed by atoms with Crippen LogP contribution in [0.5, 0.6) is 0 Å². The van der Waals surface area contributed by atoms with Gasteiger partial charge in [-0.1, -0.05) is 24.3 Å². The summed E-state index contributed by atoms with van der Waals surface area (Å²) >= 11 is 0. The van der Waals surface area contributed by atoms with Gasteiger partial charge in [0.1, 0.15) is 13.1 Å². The summed E-state index contributed by atoms with van der Waals surface area (Å²) in [5.74, 6) is -1.49. The molecule has 1 aromatic rings. The number of hydrazone groups is 1. The van der Waals surface area contributed by atoms with Crippen LogP contribution in [0, 0.1) is 0 Å². The number of nitrogens with zero attached hydrogens (tertiary/aromatic N) is 1. The van der Waals surface area contributed by atoms with Gasteiger partial charge in [-0.15, -0.1) is 0 Å². The minimum atomic E-state index is -1.28. The van der Waals surface area contributed by atoms with E-state index in [0.717, 1.165) is 18.0 Å². The molecule has 7 nitrogen and oxygen atoms in total. The molecule has 0 saturated carbocycles. The predicted octanol–water partition coefficient (Wildman–Crippen LogP) is -2.58. The Morgan fingerprint density at radius 3 is 2.76 bits per heavy atom. The molecule has 0 aliphatic carbocycles. The van der Waals surface area contributed by atoms with Gasteiger partial charge >= 0.3 is 0 Å². The van der Waals surface area contributed by atoms with E-state index in [-0.39, 0.29) is 11.5 Å². The van der Waals surface area contributed by atoms with Gasteiger partial charge in [-0.05, 0) is 0 Å². The monoisotopic (exact) mass is 291 g/mol. The first-order valence-corrected chi connectivity index (χ1v) is 6.70. The average Bonchev–Trinajstić information content (AvgIpc) is 2.48. The molecule has 2 rings (SSSR count). The summed E-state index contributed by atoms with van der Waals surface area (Å²) in [6.07, 6.45) is 1.30. The van der Waals surface area contributed by atoms with Gasteiger partial charge in [-0.3, -0.25) is 4.79 Å². The second-order valence-corrected chi connectivity index (χ2v) is 4.71. The molecule has 1 amide bonds. The van der Waals surface area contributed by atoms with Crippen molar-refractivity contribution in [1.29, 1.82) is 0 Å². The van der Waals surface area contributed by atoms with Crippen molar-refractivity contribution in [3.05, 3.63) is 35.4 Å². The molecule has 1 aliphatic heterocycles. The van der Waals surface area contributed by atoms with E-state index in [2.05, 4.69) is 10.5 Å². The zero-order valence-corrected chi connectivity index (χ0v) is 11.5. The van der Waals surface area contributed by atoms with E-state index in [0.29, 0.717) is 25.3 Å². The minimum absolute atomic E-state index is 0.0364. The number of quaternary nitrogens is 1. The van der Waals surface area contributed by atoms with Gasteiger partial charge < -0.3 is 19.5 Å². The van der Waals surface area contributed by atoms with E-state index >= 15 is 0 Å². The number of aromatic carboxylic acids is 1. The molecule has 0 bridgehead atoms. The Morgan fingerprint density at radius 2 is 2.05 bits per heavy atom. The molecule has 1 saturated heterocycles. The summed E-state index contributed by atoms with van der Waals surface area (Å²) in [6.45, 7) is 3.23. The van der Waals surface area contributed by atoms with Crippen molar-refractivity contribution in [2.45, 2.75) is 0 Å². The Hall–Kier alpha value is -2.25. The molecule has 1 aromatic carbocycles. The van der Waals surface area contributed by atoms with E-state index in [1.807, 2.05) is 0 Å². The number of nitrogens with one attached hydrogen (secondary N) is 2. The first-order chi connectivity index (χ1) is 10.2. The second-order valence-electron chi connectivity index (χ2n) is 4.71. The van der Waals surface area contributed by atoms with Crippen molar-refractivity contribution in [1.82, 2.24) is 5.43 Å². The summed E-state index contributed by atoms with van der Waals surface area (Å²) in [4.78, 5) is 23.8. The molecular formula is C14H17N3O4. The summed E-state index contributed by atoms with van der Waals surface area (Å²) in [5.41, 5.74) is 2.82. The molecule has 1 heterocycles. The lowest BCUT2D eigenvalue weighted by molar-refractivity contribution is -0.900. The first kappa shape index (κ1) is 15.1. The van der Waals surface area contributed by atoms with Crippen LogP contribution in [0.2, 0.25) is 0 Å². The van der Waals surface area contributed by atoms with E-state index in [4.69, 9.17) is 4.74 Å². The summed E-state index contributed by atoms with van der Waals surface area (Å²) in [7, 11) is 0. The van der Waals surface area contributed by atoms with Crippen molar-refractivity contribution in [3.63, 3.8) is 0 Å². The molecule has 21 heavy (non-hydrogen) atoms. The molecule has 2 N–H and O–H groups in total. The van der Waals surface area contributed by atoms with E-state index < -0.39 is 5.97 Å². The molecule has 0 atom stereocenters. The molecule has 0 aromatic heterocycles. The number of ether oxygens (including phenoxy) is 1. The van der Waals surface area contributed by atoms with Crippen LogP contribution in [0.15, 0.2) is 29.4 Å². The molecule has 0 radical (unpaired) electrons. The smallest absolute Gasteiger partial charge is 0.295 e. The lowest BCUT2D eigenvalue weighted by atomic mass is 10.1. The topological polar surface area (TPSA) is 95.3 Å². The van der Waals surface area contributed by atoms with E-state index in [1.54, 1.807) is 18.2 Å². The van der Waals surface area contributed by atoms with Gasteiger partial charge in [0.15, 0.2) is 6.54 Å². The molecule has 7 heteroatoms. The molecule has 1 fully saturated rings. The Labute approximate surface area is 122 Å². The fraction of sp³-hybridized carbons (Fsp3) is 0.357. The number of rotatable bonds is 5. The van der Waals surface area contributed by atoms with Gasteiger partial charge in [0.05, 0.1) is 25.4 Å². The third-order valence-electron chi connectivity index (χ3n) is 3.18. The number of morpholine rings is 1. The maximum Gasteiger partial charge on any atom is 0.295 e. The first-order valence-electron chi connectivity index (χ1n) is 6.70. The Balaban J connectivity index is 1.87. The number of benzene rings is 1. The van der Waals surface area contributed by atoms with Crippen molar-refractivity contribution >= 4 is 18.1 Å². The number of hydrogen-bond donors (Lipinski definition) is 2. The van der Waals surface area contributed by atoms with Crippen LogP contribution in [0.4, 0.5) is 0 Å². The number of carbonyl (C=O) groups excluding carboxylic acids is 2. The third kappa shape index (κ3) is 4.66. The number of hydrogen-bond acceptors (Lipinski definition) is 5. The normalized spacial score (nSPS) is 16.0. The zero-order chi connectivity index (χ0) is 15.1. The summed E-state index contributed by atoms with van der Waals surface area (Å²) in [5, 5.41) is 14.7. The van der Waals surface area contributed by atoms with Gasteiger partial charge in [-0.2, -0.15) is 5.10 Å². The van der Waals surface area contributed by atoms with Gasteiger partial charge in [0, 0.05) is 11.1 Å². The molecule has 0 spiro atoms. The van der Waals surface area contributed by atoms with E-state index in [9.17, 15) is 14.7 Å². The fourth-order valence-electron chi connectivity index (χ4n) is 2.07. The fourth-order valence-corrected chi connectivity index (χ4v) is 2.07. The quantitative estimate of drug-likeness (QED) is 0.460. The molecule has 112 valence electrons. The Morgan fingerprint density at radius 1 is 1.33 bits per heavy atom. The van der Waals surface area contributed by atoms with Crippen molar-refractivity contribution in [2.24, 2.45) is 5.10 Å². The number of amides is 1. The maximum absolute atomic E-state index is 11.7. The minimum Gasteiger partial charge on any atom is -0.545 e. The summed E-state index contributed by atoms with van der Waals surface area (Å²) in [6, 6.07) is 6.31. The largest absolute Gasteiger partial charge is 0.545 e. The molecule has 0 unspecified atom stereocenters. The van der Waals surface area contributed by atoms with Crippen LogP contribution >= 0.6 is 0 Å². The van der Waals surface area contributed by atoms with Crippen LogP contribution in [-0.4, -0.2) is 50.9 Å². The highest BCUT2D eigenvalue weighted by molar-refractivity contribution is 5.97. The second kappa shape index (κ2) is 7.51. The van der Waals surface area contributed by atoms with Crippen LogP contribution in [0.25, 0.3) is 0 Å². The standard InChI is InChI=1S/C14H17N3O4/c18-13(10-17-5-7-21-8-6-17)16-15-9-11-3-1-2-4-12(11)14(19)20/h1-4,9H,5-8,10H2,(H,16,18)(H,19,20). The van der Waals surface area contributed by atoms with Gasteiger partial charge in [0.2, 0.25) is 0 Å². The highest BCUT2D eigenvalue weighted by Crippen LogP contribution is 2.04. The van der Waals surface area contributed by atoms with Crippen molar-refractivity contribution in [2.75, 3.05) is 32.8 Å². The van der Waals surface area contributed by atoms with Crippen molar-refractivity contribution in [3.8, 4) is 0 Å². The van der Waals surface area contributed by atoms with Crippen LogP contribution in [-0.2, 0) is 9.53 Å². The lowest BCUT2D eigenvalue weighted by Crippen LogP contribution is -3.15. The van der Waals surface area contributed by atoms with Crippen LogP contribution < -0.4 is 15.4 Å². The zero-order valence-electron chi connectivity index (χ0n) is 11.5. The number of carboxylic acid groups (broad SMARTS) is 1. The third-order valence-corrected chi connectivity index (χ3v) is 3.18. The molecule has 1 aliphatic rings. The maximum atomic E-state index is 11.7. The number of carboxylic acids is 1. The predicted molar refractivity (Wildman–Crippen MR) is 72.9 cm³/mol. The van der Waals surface area contributed by atoms with Crippen molar-refractivity contribution < 1.29 is 24.3 Å². The highest BCUT2D eigenvalue weighted by Gasteiger charge is 2.16.